The Kier molecular flexibility index (Phi) is 8.07. The zero-order chi connectivity index (χ0) is 11.7. The van der Waals surface area contributed by atoms with Crippen LogP contribution in [0.3, 0.4) is 0 Å². The molecule has 0 rings (SSSR count). The maximum atomic E-state index is 5.40. The fourth-order valence-electron chi connectivity index (χ4n) is 1.82. The molecule has 0 aromatic carbocycles. The fraction of sp³-hybridized carbons (Fsp3) is 1.00. The van der Waals surface area contributed by atoms with Gasteiger partial charge in [-0.25, -0.2) is 0 Å². The Morgan fingerprint density at radius 2 is 1.87 bits per heavy atom. The summed E-state index contributed by atoms with van der Waals surface area (Å²) in [4.78, 5) is 0. The van der Waals surface area contributed by atoms with E-state index in [1.807, 2.05) is 0 Å². The summed E-state index contributed by atoms with van der Waals surface area (Å²) in [7, 11) is 3.87. The van der Waals surface area contributed by atoms with E-state index in [1.165, 1.54) is 32.1 Å². The molecule has 0 fully saturated rings. The smallest absolute Gasteiger partial charge is 0.0622 e. The number of hydrogen-bond acceptors (Lipinski definition) is 2. The van der Waals surface area contributed by atoms with Gasteiger partial charge in [0.25, 0.3) is 0 Å². The number of rotatable bonds is 9. The number of ether oxygens (including phenoxy) is 1. The average Bonchev–Trinajstić information content (AvgIpc) is 2.22. The van der Waals surface area contributed by atoms with Crippen molar-refractivity contribution in [1.82, 2.24) is 5.32 Å². The lowest BCUT2D eigenvalue weighted by atomic mass is 9.98. The third-order valence-electron chi connectivity index (χ3n) is 3.18. The normalized spacial score (nSPS) is 14.2. The van der Waals surface area contributed by atoms with Crippen molar-refractivity contribution < 1.29 is 4.74 Å². The van der Waals surface area contributed by atoms with Gasteiger partial charge in [-0.15, -0.1) is 0 Å². The van der Waals surface area contributed by atoms with Crippen molar-refractivity contribution >= 4 is 0 Å². The summed E-state index contributed by atoms with van der Waals surface area (Å²) in [5.74, 6) is 0. The minimum atomic E-state index is 0.0555. The third-order valence-corrected chi connectivity index (χ3v) is 3.18. The topological polar surface area (TPSA) is 21.3 Å². The van der Waals surface area contributed by atoms with E-state index in [2.05, 4.69) is 33.1 Å². The van der Waals surface area contributed by atoms with E-state index in [4.69, 9.17) is 4.74 Å². The maximum Gasteiger partial charge on any atom is 0.0622 e. The van der Waals surface area contributed by atoms with Crippen LogP contribution in [0.5, 0.6) is 0 Å². The monoisotopic (exact) mass is 215 g/mol. The van der Waals surface area contributed by atoms with Crippen molar-refractivity contribution in [2.75, 3.05) is 14.2 Å². The molecule has 0 saturated heterocycles. The number of methoxy groups -OCH3 is 1. The zero-order valence-corrected chi connectivity index (χ0v) is 11.2. The standard InChI is InChI=1S/C13H29NO/c1-6-9-12(14-4)10-7-8-11-13(2,3)15-5/h12,14H,6-11H2,1-5H3. The SMILES string of the molecule is CCCC(CCCCC(C)(C)OC)NC. The van der Waals surface area contributed by atoms with Gasteiger partial charge in [0.2, 0.25) is 0 Å². The summed E-state index contributed by atoms with van der Waals surface area (Å²) in [6.45, 7) is 6.57. The molecule has 0 aliphatic heterocycles. The van der Waals surface area contributed by atoms with Crippen molar-refractivity contribution in [2.24, 2.45) is 0 Å². The van der Waals surface area contributed by atoms with Crippen LogP contribution in [0.1, 0.15) is 59.3 Å². The first-order valence-corrected chi connectivity index (χ1v) is 6.28. The van der Waals surface area contributed by atoms with Crippen LogP contribution in [0, 0.1) is 0 Å². The van der Waals surface area contributed by atoms with E-state index in [0.29, 0.717) is 6.04 Å². The molecule has 0 aliphatic carbocycles. The average molecular weight is 215 g/mol. The van der Waals surface area contributed by atoms with Crippen molar-refractivity contribution in [3.05, 3.63) is 0 Å². The Morgan fingerprint density at radius 1 is 1.20 bits per heavy atom. The molecule has 1 atom stereocenters. The highest BCUT2D eigenvalue weighted by atomic mass is 16.5. The van der Waals surface area contributed by atoms with Gasteiger partial charge in [-0.1, -0.05) is 26.2 Å². The van der Waals surface area contributed by atoms with Crippen LogP contribution in [-0.2, 0) is 4.74 Å². The van der Waals surface area contributed by atoms with Crippen molar-refractivity contribution in [2.45, 2.75) is 70.9 Å². The largest absolute Gasteiger partial charge is 0.379 e. The number of hydrogen-bond donors (Lipinski definition) is 1. The van der Waals surface area contributed by atoms with Crippen LogP contribution in [-0.4, -0.2) is 25.8 Å². The van der Waals surface area contributed by atoms with Gasteiger partial charge >= 0.3 is 0 Å². The van der Waals surface area contributed by atoms with Crippen LogP contribution >= 0.6 is 0 Å². The molecule has 1 N–H and O–H groups in total. The van der Waals surface area contributed by atoms with Crippen LogP contribution in [0.25, 0.3) is 0 Å². The predicted molar refractivity (Wildman–Crippen MR) is 67.3 cm³/mol. The van der Waals surface area contributed by atoms with Crippen molar-refractivity contribution in [1.29, 1.82) is 0 Å². The molecule has 0 saturated carbocycles. The van der Waals surface area contributed by atoms with Gasteiger partial charge in [0.05, 0.1) is 5.60 Å². The van der Waals surface area contributed by atoms with E-state index in [9.17, 15) is 0 Å². The van der Waals surface area contributed by atoms with Gasteiger partial charge in [0, 0.05) is 13.2 Å². The maximum absolute atomic E-state index is 5.40. The van der Waals surface area contributed by atoms with E-state index >= 15 is 0 Å². The predicted octanol–water partition coefficient (Wildman–Crippen LogP) is 3.36. The van der Waals surface area contributed by atoms with E-state index in [1.54, 1.807) is 7.11 Å². The lowest BCUT2D eigenvalue weighted by Crippen LogP contribution is -2.25. The summed E-state index contributed by atoms with van der Waals surface area (Å²) < 4.78 is 5.40. The van der Waals surface area contributed by atoms with Gasteiger partial charge in [-0.3, -0.25) is 0 Å². The lowest BCUT2D eigenvalue weighted by molar-refractivity contribution is 0.0133. The second-order valence-corrected chi connectivity index (χ2v) is 4.98. The van der Waals surface area contributed by atoms with Gasteiger partial charge in [-0.2, -0.15) is 0 Å². The molecule has 2 heteroatoms. The quantitative estimate of drug-likeness (QED) is 0.595. The fourth-order valence-corrected chi connectivity index (χ4v) is 1.82. The Morgan fingerprint density at radius 3 is 2.33 bits per heavy atom. The van der Waals surface area contributed by atoms with Gasteiger partial charge in [0.15, 0.2) is 0 Å². The second-order valence-electron chi connectivity index (χ2n) is 4.98. The zero-order valence-electron chi connectivity index (χ0n) is 11.2. The molecule has 0 aromatic heterocycles. The molecule has 15 heavy (non-hydrogen) atoms. The Balaban J connectivity index is 3.52. The molecule has 0 amide bonds. The minimum Gasteiger partial charge on any atom is -0.379 e. The lowest BCUT2D eigenvalue weighted by Gasteiger charge is -2.23. The van der Waals surface area contributed by atoms with Crippen LogP contribution in [0.4, 0.5) is 0 Å². The Bertz CT molecular complexity index is 145. The third kappa shape index (κ3) is 7.80. The summed E-state index contributed by atoms with van der Waals surface area (Å²) in [6, 6.07) is 0.709. The number of unbranched alkanes of at least 4 members (excludes halogenated alkanes) is 1. The molecule has 0 spiro atoms. The van der Waals surface area contributed by atoms with Crippen LogP contribution < -0.4 is 5.32 Å². The first-order chi connectivity index (χ1) is 7.05. The molecule has 0 heterocycles. The molecule has 92 valence electrons. The molecule has 0 radical (unpaired) electrons. The first kappa shape index (κ1) is 14.9. The molecule has 2 nitrogen and oxygen atoms in total. The van der Waals surface area contributed by atoms with Crippen molar-refractivity contribution in [3.63, 3.8) is 0 Å². The summed E-state index contributed by atoms with van der Waals surface area (Å²) in [6.07, 6.45) is 7.59. The number of nitrogens with one attached hydrogen (secondary N) is 1. The van der Waals surface area contributed by atoms with E-state index in [0.717, 1.165) is 6.42 Å². The second kappa shape index (κ2) is 8.12. The van der Waals surface area contributed by atoms with E-state index in [-0.39, 0.29) is 5.60 Å². The van der Waals surface area contributed by atoms with Crippen molar-refractivity contribution in [3.8, 4) is 0 Å². The van der Waals surface area contributed by atoms with Crippen LogP contribution in [0.15, 0.2) is 0 Å². The molecular weight excluding hydrogens is 186 g/mol. The highest BCUT2D eigenvalue weighted by Crippen LogP contribution is 2.18. The molecule has 0 bridgehead atoms. The Labute approximate surface area is 95.8 Å². The van der Waals surface area contributed by atoms with Gasteiger partial charge in [-0.05, 0) is 40.2 Å². The molecule has 0 aliphatic rings. The highest BCUT2D eigenvalue weighted by Gasteiger charge is 2.15. The van der Waals surface area contributed by atoms with E-state index < -0.39 is 0 Å². The molecule has 1 unspecified atom stereocenters. The summed E-state index contributed by atoms with van der Waals surface area (Å²) in [5, 5.41) is 3.38. The Hall–Kier alpha value is -0.0800. The molecular formula is C13H29NO. The van der Waals surface area contributed by atoms with Gasteiger partial charge in [0.1, 0.15) is 0 Å². The summed E-state index contributed by atoms with van der Waals surface area (Å²) >= 11 is 0. The van der Waals surface area contributed by atoms with Crippen LogP contribution in [0.2, 0.25) is 0 Å². The highest BCUT2D eigenvalue weighted by molar-refractivity contribution is 4.69. The molecule has 0 aromatic rings. The first-order valence-electron chi connectivity index (χ1n) is 6.28. The van der Waals surface area contributed by atoms with Gasteiger partial charge < -0.3 is 10.1 Å². The minimum absolute atomic E-state index is 0.0555. The summed E-state index contributed by atoms with van der Waals surface area (Å²) in [5.41, 5.74) is 0.0555.